The highest BCUT2D eigenvalue weighted by Crippen LogP contribution is 2.15. The summed E-state index contributed by atoms with van der Waals surface area (Å²) in [5, 5.41) is 6.77. The van der Waals surface area contributed by atoms with Gasteiger partial charge in [0.25, 0.3) is 0 Å². The Labute approximate surface area is 136 Å². The van der Waals surface area contributed by atoms with Gasteiger partial charge in [-0.2, -0.15) is 9.40 Å². The smallest absolute Gasteiger partial charge is 0.243 e. The number of anilines is 1. The number of benzene rings is 1. The first-order valence-corrected chi connectivity index (χ1v) is 8.47. The van der Waals surface area contributed by atoms with Gasteiger partial charge in [0.15, 0.2) is 0 Å². The van der Waals surface area contributed by atoms with Gasteiger partial charge in [0.2, 0.25) is 15.9 Å². The maximum Gasteiger partial charge on any atom is 0.243 e. The second kappa shape index (κ2) is 6.51. The summed E-state index contributed by atoms with van der Waals surface area (Å²) in [6.45, 7) is 3.41. The van der Waals surface area contributed by atoms with Gasteiger partial charge in [-0.3, -0.25) is 9.48 Å². The van der Waals surface area contributed by atoms with Crippen LogP contribution in [-0.2, 0) is 21.9 Å². The van der Waals surface area contributed by atoms with Crippen molar-refractivity contribution in [2.24, 2.45) is 7.05 Å². The minimum atomic E-state index is -3.70. The van der Waals surface area contributed by atoms with Crippen molar-refractivity contribution in [2.75, 3.05) is 18.9 Å². The molecule has 0 aliphatic rings. The monoisotopic (exact) mass is 336 g/mol. The summed E-state index contributed by atoms with van der Waals surface area (Å²) in [6.07, 6.45) is 0. The van der Waals surface area contributed by atoms with Crippen LogP contribution in [0.1, 0.15) is 11.3 Å². The van der Waals surface area contributed by atoms with Crippen LogP contribution < -0.4 is 5.32 Å². The van der Waals surface area contributed by atoms with Gasteiger partial charge in [-0.05, 0) is 26.0 Å². The van der Waals surface area contributed by atoms with E-state index in [9.17, 15) is 13.2 Å². The van der Waals surface area contributed by atoms with Crippen molar-refractivity contribution in [3.8, 4) is 0 Å². The fraction of sp³-hybridized carbons (Fsp3) is 0.333. The Kier molecular flexibility index (Phi) is 4.86. The summed E-state index contributed by atoms with van der Waals surface area (Å²) >= 11 is 0. The molecule has 0 atom stereocenters. The maximum absolute atomic E-state index is 12.4. The molecule has 1 N–H and O–H groups in total. The van der Waals surface area contributed by atoms with E-state index in [-0.39, 0.29) is 11.4 Å². The van der Waals surface area contributed by atoms with Crippen molar-refractivity contribution in [1.82, 2.24) is 14.1 Å². The Hall–Kier alpha value is -2.19. The number of carbonyl (C=O) groups excluding carboxylic acids is 1. The standard InChI is InChI=1S/C15H20N4O3S/c1-11-5-7-13(8-6-11)23(21,22)18(3)10-15(20)16-14-9-12(2)17-19(14)4/h5-9H,10H2,1-4H3,(H,16,20). The number of nitrogens with zero attached hydrogens (tertiary/aromatic N) is 3. The molecule has 1 heterocycles. The molecule has 1 aromatic heterocycles. The van der Waals surface area contributed by atoms with Gasteiger partial charge in [0.1, 0.15) is 5.82 Å². The first kappa shape index (κ1) is 17.2. The topological polar surface area (TPSA) is 84.3 Å². The second-order valence-corrected chi connectivity index (χ2v) is 7.46. The lowest BCUT2D eigenvalue weighted by Gasteiger charge is -2.17. The first-order chi connectivity index (χ1) is 10.7. The summed E-state index contributed by atoms with van der Waals surface area (Å²) in [5.41, 5.74) is 1.74. The predicted octanol–water partition coefficient (Wildman–Crippen LogP) is 1.30. The summed E-state index contributed by atoms with van der Waals surface area (Å²) in [5.74, 6) is 0.0971. The lowest BCUT2D eigenvalue weighted by atomic mass is 10.2. The van der Waals surface area contributed by atoms with Crippen LogP contribution in [0.2, 0.25) is 0 Å². The van der Waals surface area contributed by atoms with Gasteiger partial charge in [0.05, 0.1) is 17.1 Å². The molecule has 0 aliphatic heterocycles. The third-order valence-corrected chi connectivity index (χ3v) is 5.18. The molecule has 8 heteroatoms. The van der Waals surface area contributed by atoms with E-state index in [2.05, 4.69) is 10.4 Å². The van der Waals surface area contributed by atoms with E-state index in [1.54, 1.807) is 25.2 Å². The Balaban J connectivity index is 2.08. The quantitative estimate of drug-likeness (QED) is 0.892. The molecule has 0 spiro atoms. The summed E-state index contributed by atoms with van der Waals surface area (Å²) in [6, 6.07) is 8.22. The number of aryl methyl sites for hydroxylation is 3. The molecule has 1 amide bonds. The molecule has 23 heavy (non-hydrogen) atoms. The van der Waals surface area contributed by atoms with Crippen molar-refractivity contribution in [3.63, 3.8) is 0 Å². The van der Waals surface area contributed by atoms with Gasteiger partial charge in [-0.15, -0.1) is 0 Å². The van der Waals surface area contributed by atoms with Gasteiger partial charge in [-0.25, -0.2) is 8.42 Å². The Morgan fingerprint density at radius 1 is 1.26 bits per heavy atom. The number of nitrogens with one attached hydrogen (secondary N) is 1. The largest absolute Gasteiger partial charge is 0.310 e. The van der Waals surface area contributed by atoms with Crippen LogP contribution in [0.25, 0.3) is 0 Å². The number of carbonyl (C=O) groups is 1. The van der Waals surface area contributed by atoms with E-state index in [4.69, 9.17) is 0 Å². The summed E-state index contributed by atoms with van der Waals surface area (Å²) < 4.78 is 27.4. The van der Waals surface area contributed by atoms with Gasteiger partial charge >= 0.3 is 0 Å². The average molecular weight is 336 g/mol. The lowest BCUT2D eigenvalue weighted by Crippen LogP contribution is -2.35. The van der Waals surface area contributed by atoms with E-state index < -0.39 is 15.9 Å². The molecule has 124 valence electrons. The lowest BCUT2D eigenvalue weighted by molar-refractivity contribution is -0.116. The van der Waals surface area contributed by atoms with E-state index in [0.29, 0.717) is 5.82 Å². The zero-order valence-corrected chi connectivity index (χ0v) is 14.4. The van der Waals surface area contributed by atoms with E-state index in [0.717, 1.165) is 15.6 Å². The molecule has 0 fully saturated rings. The van der Waals surface area contributed by atoms with Crippen LogP contribution in [-0.4, -0.2) is 42.0 Å². The van der Waals surface area contributed by atoms with Crippen LogP contribution in [0.3, 0.4) is 0 Å². The molecule has 0 aliphatic carbocycles. The number of likely N-dealkylation sites (N-methyl/N-ethyl adjacent to an activating group) is 1. The summed E-state index contributed by atoms with van der Waals surface area (Å²) in [4.78, 5) is 12.2. The molecule has 2 aromatic rings. The number of rotatable bonds is 5. The third kappa shape index (κ3) is 3.96. The average Bonchev–Trinajstić information content (AvgIpc) is 2.77. The maximum atomic E-state index is 12.4. The molecule has 0 radical (unpaired) electrons. The van der Waals surface area contributed by atoms with Crippen LogP contribution in [0.4, 0.5) is 5.82 Å². The fourth-order valence-electron chi connectivity index (χ4n) is 2.09. The molecule has 0 saturated heterocycles. The molecular formula is C15H20N4O3S. The SMILES string of the molecule is Cc1ccc(S(=O)(=O)N(C)CC(=O)Nc2cc(C)nn2C)cc1. The fourth-order valence-corrected chi connectivity index (χ4v) is 3.21. The van der Waals surface area contributed by atoms with Crippen molar-refractivity contribution >= 4 is 21.7 Å². The highest BCUT2D eigenvalue weighted by molar-refractivity contribution is 7.89. The molecule has 7 nitrogen and oxygen atoms in total. The van der Waals surface area contributed by atoms with Crippen LogP contribution in [0.5, 0.6) is 0 Å². The van der Waals surface area contributed by atoms with Gasteiger partial charge in [0, 0.05) is 20.2 Å². The third-order valence-electron chi connectivity index (χ3n) is 3.36. The zero-order chi connectivity index (χ0) is 17.2. The van der Waals surface area contributed by atoms with Crippen molar-refractivity contribution < 1.29 is 13.2 Å². The van der Waals surface area contributed by atoms with Crippen LogP contribution in [0.15, 0.2) is 35.2 Å². The number of hydrogen-bond acceptors (Lipinski definition) is 4. The molecule has 0 bridgehead atoms. The van der Waals surface area contributed by atoms with E-state index >= 15 is 0 Å². The minimum Gasteiger partial charge on any atom is -0.310 e. The molecular weight excluding hydrogens is 316 g/mol. The normalized spacial score (nSPS) is 11.7. The van der Waals surface area contributed by atoms with Crippen molar-refractivity contribution in [2.45, 2.75) is 18.7 Å². The molecule has 0 saturated carbocycles. The molecule has 2 rings (SSSR count). The Morgan fingerprint density at radius 2 is 1.87 bits per heavy atom. The number of aromatic nitrogens is 2. The van der Waals surface area contributed by atoms with Crippen molar-refractivity contribution in [3.05, 3.63) is 41.6 Å². The zero-order valence-electron chi connectivity index (χ0n) is 13.6. The van der Waals surface area contributed by atoms with Gasteiger partial charge in [-0.1, -0.05) is 17.7 Å². The Morgan fingerprint density at radius 3 is 2.39 bits per heavy atom. The highest BCUT2D eigenvalue weighted by Gasteiger charge is 2.23. The van der Waals surface area contributed by atoms with Crippen LogP contribution >= 0.6 is 0 Å². The van der Waals surface area contributed by atoms with E-state index in [1.807, 2.05) is 13.8 Å². The minimum absolute atomic E-state index is 0.162. The predicted molar refractivity (Wildman–Crippen MR) is 87.6 cm³/mol. The Bertz CT molecular complexity index is 810. The highest BCUT2D eigenvalue weighted by atomic mass is 32.2. The van der Waals surface area contributed by atoms with Crippen LogP contribution in [0, 0.1) is 13.8 Å². The number of sulfonamides is 1. The molecule has 0 unspecified atom stereocenters. The van der Waals surface area contributed by atoms with E-state index in [1.165, 1.54) is 23.9 Å². The van der Waals surface area contributed by atoms with Gasteiger partial charge < -0.3 is 5.32 Å². The number of amides is 1. The van der Waals surface area contributed by atoms with Crippen molar-refractivity contribution in [1.29, 1.82) is 0 Å². The first-order valence-electron chi connectivity index (χ1n) is 7.03. The summed E-state index contributed by atoms with van der Waals surface area (Å²) in [7, 11) is -0.616. The second-order valence-electron chi connectivity index (χ2n) is 5.42. The molecule has 1 aromatic carbocycles. The number of hydrogen-bond donors (Lipinski definition) is 1.